The Morgan fingerprint density at radius 1 is 1.44 bits per heavy atom. The lowest BCUT2D eigenvalue weighted by atomic mass is 10.0. The molecule has 0 aliphatic carbocycles. The van der Waals surface area contributed by atoms with E-state index < -0.39 is 0 Å². The lowest BCUT2D eigenvalue weighted by molar-refractivity contribution is 0.188. The van der Waals surface area contributed by atoms with Crippen LogP contribution >= 0.6 is 0 Å². The minimum atomic E-state index is 0.537. The van der Waals surface area contributed by atoms with E-state index in [0.29, 0.717) is 6.04 Å². The van der Waals surface area contributed by atoms with Gasteiger partial charge in [0.05, 0.1) is 6.20 Å². The van der Waals surface area contributed by atoms with Gasteiger partial charge in [0.1, 0.15) is 0 Å². The summed E-state index contributed by atoms with van der Waals surface area (Å²) in [4.78, 5) is 0. The first-order chi connectivity index (χ1) is 8.80. The molecule has 1 aromatic rings. The molecule has 1 N–H and O–H groups in total. The van der Waals surface area contributed by atoms with Crippen LogP contribution in [0, 0.1) is 0 Å². The predicted octanol–water partition coefficient (Wildman–Crippen LogP) is 2.24. The Hall–Kier alpha value is -0.870. The summed E-state index contributed by atoms with van der Waals surface area (Å²) < 4.78 is 7.11. The number of aromatic nitrogens is 2. The van der Waals surface area contributed by atoms with Crippen LogP contribution in [0.15, 0.2) is 12.4 Å². The molecule has 4 heteroatoms. The SMILES string of the molecule is CCCNC(CCCOC)Cc1cnn(CC)c1. The first-order valence-corrected chi connectivity index (χ1v) is 7.03. The number of aryl methyl sites for hydroxylation is 1. The first kappa shape index (κ1) is 15.2. The molecule has 1 rings (SSSR count). The van der Waals surface area contributed by atoms with E-state index in [2.05, 4.69) is 30.5 Å². The second-order valence-electron chi connectivity index (χ2n) is 4.69. The molecule has 1 atom stereocenters. The Bertz CT molecular complexity index is 312. The van der Waals surface area contributed by atoms with E-state index in [-0.39, 0.29) is 0 Å². The molecule has 0 spiro atoms. The molecule has 0 aliphatic rings. The molecule has 0 amide bonds. The minimum Gasteiger partial charge on any atom is -0.385 e. The number of nitrogens with zero attached hydrogens (tertiary/aromatic N) is 2. The van der Waals surface area contributed by atoms with Crippen LogP contribution in [0.4, 0.5) is 0 Å². The van der Waals surface area contributed by atoms with E-state index in [4.69, 9.17) is 4.74 Å². The van der Waals surface area contributed by atoms with Crippen molar-refractivity contribution in [2.45, 2.75) is 52.1 Å². The van der Waals surface area contributed by atoms with Gasteiger partial charge >= 0.3 is 0 Å². The maximum Gasteiger partial charge on any atom is 0.0522 e. The van der Waals surface area contributed by atoms with Gasteiger partial charge in [-0.05, 0) is 44.7 Å². The van der Waals surface area contributed by atoms with Crippen LogP contribution in [0.5, 0.6) is 0 Å². The molecule has 0 bridgehead atoms. The molecule has 0 fully saturated rings. The summed E-state index contributed by atoms with van der Waals surface area (Å²) in [6.45, 7) is 7.19. The summed E-state index contributed by atoms with van der Waals surface area (Å²) in [6.07, 6.45) is 8.64. The van der Waals surface area contributed by atoms with Crippen LogP contribution in [0.1, 0.15) is 38.7 Å². The van der Waals surface area contributed by atoms with Crippen LogP contribution < -0.4 is 5.32 Å². The first-order valence-electron chi connectivity index (χ1n) is 7.03. The van der Waals surface area contributed by atoms with Crippen molar-refractivity contribution in [1.82, 2.24) is 15.1 Å². The highest BCUT2D eigenvalue weighted by atomic mass is 16.5. The third kappa shape index (κ3) is 5.65. The molecule has 1 aromatic heterocycles. The number of nitrogens with one attached hydrogen (secondary N) is 1. The van der Waals surface area contributed by atoms with Crippen molar-refractivity contribution in [3.63, 3.8) is 0 Å². The van der Waals surface area contributed by atoms with E-state index >= 15 is 0 Å². The number of ether oxygens (including phenoxy) is 1. The minimum absolute atomic E-state index is 0.537. The topological polar surface area (TPSA) is 39.1 Å². The van der Waals surface area contributed by atoms with Gasteiger partial charge in [-0.25, -0.2) is 0 Å². The summed E-state index contributed by atoms with van der Waals surface area (Å²) in [7, 11) is 1.76. The zero-order valence-electron chi connectivity index (χ0n) is 12.0. The third-order valence-electron chi connectivity index (χ3n) is 3.08. The van der Waals surface area contributed by atoms with Crippen LogP contribution in [0.3, 0.4) is 0 Å². The van der Waals surface area contributed by atoms with Gasteiger partial charge in [0, 0.05) is 32.5 Å². The van der Waals surface area contributed by atoms with E-state index in [0.717, 1.165) is 39.0 Å². The van der Waals surface area contributed by atoms with Crippen LogP contribution in [0.2, 0.25) is 0 Å². The Balaban J connectivity index is 2.42. The molecule has 0 saturated carbocycles. The molecule has 0 radical (unpaired) electrons. The molecule has 0 saturated heterocycles. The average Bonchev–Trinajstić information content (AvgIpc) is 2.83. The molecular formula is C14H27N3O. The van der Waals surface area contributed by atoms with Crippen molar-refractivity contribution in [2.75, 3.05) is 20.3 Å². The predicted molar refractivity (Wildman–Crippen MR) is 74.8 cm³/mol. The van der Waals surface area contributed by atoms with Gasteiger partial charge in [-0.1, -0.05) is 6.92 Å². The number of hydrogen-bond acceptors (Lipinski definition) is 3. The van der Waals surface area contributed by atoms with E-state index in [1.807, 2.05) is 10.9 Å². The largest absolute Gasteiger partial charge is 0.385 e. The van der Waals surface area contributed by atoms with Crippen LogP contribution in [-0.2, 0) is 17.7 Å². The maximum absolute atomic E-state index is 5.12. The van der Waals surface area contributed by atoms with Crippen molar-refractivity contribution in [3.05, 3.63) is 18.0 Å². The van der Waals surface area contributed by atoms with Crippen molar-refractivity contribution in [1.29, 1.82) is 0 Å². The van der Waals surface area contributed by atoms with Crippen molar-refractivity contribution >= 4 is 0 Å². The lowest BCUT2D eigenvalue weighted by Gasteiger charge is -2.17. The van der Waals surface area contributed by atoms with Gasteiger partial charge < -0.3 is 10.1 Å². The number of rotatable bonds is 10. The average molecular weight is 253 g/mol. The highest BCUT2D eigenvalue weighted by Gasteiger charge is 2.09. The van der Waals surface area contributed by atoms with Crippen LogP contribution in [0.25, 0.3) is 0 Å². The molecule has 0 aliphatic heterocycles. The molecule has 18 heavy (non-hydrogen) atoms. The van der Waals surface area contributed by atoms with Gasteiger partial charge in [-0.15, -0.1) is 0 Å². The monoisotopic (exact) mass is 253 g/mol. The second-order valence-corrected chi connectivity index (χ2v) is 4.69. The number of methoxy groups -OCH3 is 1. The zero-order valence-corrected chi connectivity index (χ0v) is 12.0. The summed E-state index contributed by atoms with van der Waals surface area (Å²) in [6, 6.07) is 0.537. The third-order valence-corrected chi connectivity index (χ3v) is 3.08. The van der Waals surface area contributed by atoms with Crippen LogP contribution in [-0.4, -0.2) is 36.1 Å². The van der Waals surface area contributed by atoms with Gasteiger partial charge in [-0.3, -0.25) is 4.68 Å². The Morgan fingerprint density at radius 2 is 2.28 bits per heavy atom. The summed E-state index contributed by atoms with van der Waals surface area (Å²) in [5.74, 6) is 0. The van der Waals surface area contributed by atoms with E-state index in [1.54, 1.807) is 7.11 Å². The van der Waals surface area contributed by atoms with E-state index in [1.165, 1.54) is 12.0 Å². The summed E-state index contributed by atoms with van der Waals surface area (Å²) in [5, 5.41) is 7.94. The molecule has 1 heterocycles. The summed E-state index contributed by atoms with van der Waals surface area (Å²) >= 11 is 0. The highest BCUT2D eigenvalue weighted by Crippen LogP contribution is 2.07. The second kappa shape index (κ2) is 9.11. The standard InChI is InChI=1S/C14H27N3O/c1-4-8-15-14(7-6-9-18-3)10-13-11-16-17(5-2)12-13/h11-12,14-15H,4-10H2,1-3H3. The zero-order chi connectivity index (χ0) is 13.2. The van der Waals surface area contributed by atoms with Gasteiger partial charge in [0.25, 0.3) is 0 Å². The fourth-order valence-corrected chi connectivity index (χ4v) is 2.07. The molecular weight excluding hydrogens is 226 g/mol. The summed E-state index contributed by atoms with van der Waals surface area (Å²) in [5.41, 5.74) is 1.32. The molecule has 4 nitrogen and oxygen atoms in total. The fraction of sp³-hybridized carbons (Fsp3) is 0.786. The normalized spacial score (nSPS) is 12.8. The van der Waals surface area contributed by atoms with Gasteiger partial charge in [-0.2, -0.15) is 5.10 Å². The van der Waals surface area contributed by atoms with Gasteiger partial charge in [0.2, 0.25) is 0 Å². The molecule has 104 valence electrons. The molecule has 0 aromatic carbocycles. The smallest absolute Gasteiger partial charge is 0.0522 e. The Morgan fingerprint density at radius 3 is 2.89 bits per heavy atom. The van der Waals surface area contributed by atoms with Crippen molar-refractivity contribution in [3.8, 4) is 0 Å². The maximum atomic E-state index is 5.12. The van der Waals surface area contributed by atoms with Crippen molar-refractivity contribution < 1.29 is 4.74 Å². The lowest BCUT2D eigenvalue weighted by Crippen LogP contribution is -2.32. The quantitative estimate of drug-likeness (QED) is 0.650. The number of hydrogen-bond donors (Lipinski definition) is 1. The Kier molecular flexibility index (Phi) is 7.69. The molecule has 1 unspecified atom stereocenters. The fourth-order valence-electron chi connectivity index (χ4n) is 2.07. The highest BCUT2D eigenvalue weighted by molar-refractivity contribution is 5.06. The van der Waals surface area contributed by atoms with E-state index in [9.17, 15) is 0 Å². The Labute approximate surface area is 111 Å². The van der Waals surface area contributed by atoms with Gasteiger partial charge in [0.15, 0.2) is 0 Å². The van der Waals surface area contributed by atoms with Crippen molar-refractivity contribution in [2.24, 2.45) is 0 Å².